The van der Waals surface area contributed by atoms with Crippen LogP contribution in [0.5, 0.6) is 0 Å². The molecule has 160 valence electrons. The number of morpholine rings is 1. The summed E-state index contributed by atoms with van der Waals surface area (Å²) in [5.41, 5.74) is 1.06. The quantitative estimate of drug-likeness (QED) is 0.672. The van der Waals surface area contributed by atoms with Crippen molar-refractivity contribution in [3.63, 3.8) is 0 Å². The Kier molecular flexibility index (Phi) is 6.20. The van der Waals surface area contributed by atoms with Crippen LogP contribution in [0.15, 0.2) is 53.2 Å². The second-order valence-corrected chi connectivity index (χ2v) is 7.98. The molecule has 2 aromatic carbocycles. The summed E-state index contributed by atoms with van der Waals surface area (Å²) >= 11 is 18.3. The van der Waals surface area contributed by atoms with E-state index in [1.165, 1.54) is 6.07 Å². The number of carbonyl (C=O) groups is 3. The summed E-state index contributed by atoms with van der Waals surface area (Å²) < 4.78 is 5.26. The van der Waals surface area contributed by atoms with Gasteiger partial charge in [0.05, 0.1) is 28.9 Å². The molecule has 2 aliphatic rings. The second-order valence-electron chi connectivity index (χ2n) is 6.81. The van der Waals surface area contributed by atoms with Crippen LogP contribution in [0.1, 0.15) is 10.4 Å². The highest BCUT2D eigenvalue weighted by Gasteiger charge is 2.40. The summed E-state index contributed by atoms with van der Waals surface area (Å²) in [5, 5.41) is 2.87. The predicted octanol–water partition coefficient (Wildman–Crippen LogP) is 3.90. The van der Waals surface area contributed by atoms with E-state index in [0.29, 0.717) is 37.6 Å². The minimum atomic E-state index is -0.711. The smallest absolute Gasteiger partial charge is 0.283 e. The molecule has 10 heteroatoms. The number of hydrogen-bond acceptors (Lipinski definition) is 5. The molecule has 1 N–H and O–H groups in total. The normalized spacial score (nSPS) is 16.9. The molecule has 0 saturated carbocycles. The third-order valence-electron chi connectivity index (χ3n) is 4.90. The average molecular weight is 481 g/mol. The van der Waals surface area contributed by atoms with Crippen molar-refractivity contribution in [2.75, 3.05) is 36.5 Å². The zero-order valence-electron chi connectivity index (χ0n) is 16.0. The van der Waals surface area contributed by atoms with Crippen molar-refractivity contribution in [3.05, 3.63) is 68.8 Å². The molecular weight excluding hydrogens is 465 g/mol. The van der Waals surface area contributed by atoms with E-state index in [4.69, 9.17) is 39.5 Å². The van der Waals surface area contributed by atoms with E-state index in [1.807, 2.05) is 0 Å². The van der Waals surface area contributed by atoms with E-state index < -0.39 is 11.8 Å². The molecule has 7 nitrogen and oxygen atoms in total. The maximum absolute atomic E-state index is 12.9. The highest BCUT2D eigenvalue weighted by Crippen LogP contribution is 2.37. The summed E-state index contributed by atoms with van der Waals surface area (Å²) in [6.07, 6.45) is 0. The fourth-order valence-electron chi connectivity index (χ4n) is 3.28. The van der Waals surface area contributed by atoms with Gasteiger partial charge in [0, 0.05) is 24.3 Å². The van der Waals surface area contributed by atoms with Crippen molar-refractivity contribution < 1.29 is 19.1 Å². The van der Waals surface area contributed by atoms with Crippen LogP contribution in [0.3, 0.4) is 0 Å². The lowest BCUT2D eigenvalue weighted by Gasteiger charge is -2.26. The van der Waals surface area contributed by atoms with Gasteiger partial charge < -0.3 is 15.0 Å². The Labute approximate surface area is 193 Å². The van der Waals surface area contributed by atoms with Crippen LogP contribution in [0.2, 0.25) is 10.0 Å². The zero-order valence-corrected chi connectivity index (χ0v) is 18.3. The number of imide groups is 1. The number of halogens is 3. The number of hydrogen-bond donors (Lipinski definition) is 1. The van der Waals surface area contributed by atoms with Crippen LogP contribution in [0.25, 0.3) is 0 Å². The molecule has 0 aromatic heterocycles. The van der Waals surface area contributed by atoms with Gasteiger partial charge in [-0.25, -0.2) is 4.90 Å². The molecule has 1 saturated heterocycles. The summed E-state index contributed by atoms with van der Waals surface area (Å²) in [7, 11) is 0. The van der Waals surface area contributed by atoms with Gasteiger partial charge in [0.2, 0.25) is 0 Å². The summed E-state index contributed by atoms with van der Waals surface area (Å²) in [5.74, 6) is -1.47. The first kappa shape index (κ1) is 21.6. The summed E-state index contributed by atoms with van der Waals surface area (Å²) in [6.45, 7) is 2.11. The molecule has 0 aliphatic carbocycles. The first-order valence-corrected chi connectivity index (χ1v) is 10.5. The summed E-state index contributed by atoms with van der Waals surface area (Å²) in [6, 6.07) is 11.2. The van der Waals surface area contributed by atoms with Gasteiger partial charge in [-0.05, 0) is 36.4 Å². The van der Waals surface area contributed by atoms with Crippen molar-refractivity contribution in [1.29, 1.82) is 0 Å². The zero-order chi connectivity index (χ0) is 22.1. The number of anilines is 2. The molecule has 0 radical (unpaired) electrons. The fraction of sp³-hybridized carbons (Fsp3) is 0.190. The van der Waals surface area contributed by atoms with E-state index in [2.05, 4.69) is 5.32 Å². The first-order chi connectivity index (χ1) is 14.9. The SMILES string of the molecule is O=C(c1ccc(NC2=C(Cl)C(=O)N(c3cccc(Cl)c3Cl)C2=O)cc1)N1CCOCC1. The van der Waals surface area contributed by atoms with E-state index in [-0.39, 0.29) is 32.4 Å². The number of nitrogens with one attached hydrogen (secondary N) is 1. The lowest BCUT2D eigenvalue weighted by Crippen LogP contribution is -2.40. The Balaban J connectivity index is 1.52. The predicted molar refractivity (Wildman–Crippen MR) is 119 cm³/mol. The Morgan fingerprint density at radius 2 is 1.61 bits per heavy atom. The maximum atomic E-state index is 12.9. The minimum Gasteiger partial charge on any atom is -0.378 e. The maximum Gasteiger partial charge on any atom is 0.283 e. The number of carbonyl (C=O) groups excluding carboxylic acids is 3. The molecule has 31 heavy (non-hydrogen) atoms. The topological polar surface area (TPSA) is 79.0 Å². The van der Waals surface area contributed by atoms with Crippen LogP contribution in [0, 0.1) is 0 Å². The van der Waals surface area contributed by atoms with Crippen molar-refractivity contribution in [3.8, 4) is 0 Å². The lowest BCUT2D eigenvalue weighted by molar-refractivity contribution is -0.120. The second kappa shape index (κ2) is 8.88. The molecule has 2 aliphatic heterocycles. The van der Waals surface area contributed by atoms with Crippen LogP contribution in [-0.2, 0) is 14.3 Å². The fourth-order valence-corrected chi connectivity index (χ4v) is 3.88. The number of benzene rings is 2. The van der Waals surface area contributed by atoms with Crippen LogP contribution in [-0.4, -0.2) is 48.9 Å². The molecule has 4 rings (SSSR count). The first-order valence-electron chi connectivity index (χ1n) is 9.35. The highest BCUT2D eigenvalue weighted by molar-refractivity contribution is 6.54. The summed E-state index contributed by atoms with van der Waals surface area (Å²) in [4.78, 5) is 40.7. The van der Waals surface area contributed by atoms with Gasteiger partial charge in [-0.2, -0.15) is 0 Å². The number of nitrogens with zero attached hydrogens (tertiary/aromatic N) is 2. The molecule has 3 amide bonds. The largest absolute Gasteiger partial charge is 0.378 e. The Hall–Kier alpha value is -2.58. The molecule has 1 fully saturated rings. The van der Waals surface area contributed by atoms with E-state index in [9.17, 15) is 14.4 Å². The molecule has 0 atom stereocenters. The Morgan fingerprint density at radius 1 is 0.935 bits per heavy atom. The van der Waals surface area contributed by atoms with Gasteiger partial charge in [-0.15, -0.1) is 0 Å². The lowest BCUT2D eigenvalue weighted by atomic mass is 10.1. The highest BCUT2D eigenvalue weighted by atomic mass is 35.5. The van der Waals surface area contributed by atoms with E-state index in [0.717, 1.165) is 4.90 Å². The Morgan fingerprint density at radius 3 is 2.29 bits per heavy atom. The molecule has 0 unspecified atom stereocenters. The number of rotatable bonds is 4. The van der Waals surface area contributed by atoms with Gasteiger partial charge in [-0.1, -0.05) is 40.9 Å². The molecule has 2 aromatic rings. The van der Waals surface area contributed by atoms with Crippen molar-refractivity contribution >= 4 is 63.9 Å². The van der Waals surface area contributed by atoms with E-state index >= 15 is 0 Å². The van der Waals surface area contributed by atoms with E-state index in [1.54, 1.807) is 41.3 Å². The van der Waals surface area contributed by atoms with Crippen molar-refractivity contribution in [2.45, 2.75) is 0 Å². The van der Waals surface area contributed by atoms with Gasteiger partial charge in [-0.3, -0.25) is 14.4 Å². The number of ether oxygens (including phenoxy) is 1. The third-order valence-corrected chi connectivity index (χ3v) is 6.06. The number of amides is 3. The van der Waals surface area contributed by atoms with Gasteiger partial charge in [0.25, 0.3) is 17.7 Å². The minimum absolute atomic E-state index is 0.0718. The monoisotopic (exact) mass is 479 g/mol. The van der Waals surface area contributed by atoms with Crippen LogP contribution in [0.4, 0.5) is 11.4 Å². The average Bonchev–Trinajstić information content (AvgIpc) is 2.99. The molecular formula is C21H16Cl3N3O4. The molecule has 2 heterocycles. The standard InChI is InChI=1S/C21H16Cl3N3O4/c22-14-2-1-3-15(16(14)23)27-20(29)17(24)18(21(27)30)25-13-6-4-12(5-7-13)19(28)26-8-10-31-11-9-26/h1-7,25H,8-11H2. The van der Waals surface area contributed by atoms with Gasteiger partial charge in [0.1, 0.15) is 10.7 Å². The molecule has 0 bridgehead atoms. The van der Waals surface area contributed by atoms with Gasteiger partial charge >= 0.3 is 0 Å². The Bertz CT molecular complexity index is 1100. The van der Waals surface area contributed by atoms with Crippen molar-refractivity contribution in [2.24, 2.45) is 0 Å². The van der Waals surface area contributed by atoms with Crippen LogP contribution >= 0.6 is 34.8 Å². The molecule has 0 spiro atoms. The van der Waals surface area contributed by atoms with Crippen LogP contribution < -0.4 is 10.2 Å². The van der Waals surface area contributed by atoms with Crippen molar-refractivity contribution in [1.82, 2.24) is 4.90 Å². The van der Waals surface area contributed by atoms with Gasteiger partial charge in [0.15, 0.2) is 0 Å². The third kappa shape index (κ3) is 4.14.